The van der Waals surface area contributed by atoms with Crippen molar-refractivity contribution < 1.29 is 19.1 Å². The number of aliphatic carboxylic acids is 1. The minimum absolute atomic E-state index is 0.229. The number of nitrogens with zero attached hydrogens (tertiary/aromatic N) is 1. The highest BCUT2D eigenvalue weighted by molar-refractivity contribution is 8.26. The Labute approximate surface area is 132 Å². The van der Waals surface area contributed by atoms with E-state index in [4.69, 9.17) is 16.6 Å². The van der Waals surface area contributed by atoms with Crippen molar-refractivity contribution >= 4 is 46.3 Å². The number of hydrogen-bond acceptors (Lipinski definition) is 6. The van der Waals surface area contributed by atoms with Crippen LogP contribution in [0.3, 0.4) is 0 Å². The SMILES string of the molecule is CC[C@H](C)[C@@H](C(=O)[O-])N1C(=O)/C(=C\c2ccco2)SC1=S. The van der Waals surface area contributed by atoms with Crippen molar-refractivity contribution in [3.63, 3.8) is 0 Å². The first-order valence-corrected chi connectivity index (χ1v) is 7.69. The van der Waals surface area contributed by atoms with E-state index < -0.39 is 17.9 Å². The number of rotatable bonds is 5. The van der Waals surface area contributed by atoms with Crippen molar-refractivity contribution in [2.75, 3.05) is 0 Å². The third-order valence-corrected chi connectivity index (χ3v) is 4.67. The predicted octanol–water partition coefficient (Wildman–Crippen LogP) is 1.65. The third kappa shape index (κ3) is 3.19. The zero-order valence-corrected chi connectivity index (χ0v) is 13.2. The number of carbonyl (C=O) groups is 2. The second-order valence-electron chi connectivity index (χ2n) is 4.72. The van der Waals surface area contributed by atoms with Crippen LogP contribution in [0.5, 0.6) is 0 Å². The summed E-state index contributed by atoms with van der Waals surface area (Å²) >= 11 is 6.23. The molecule has 0 spiro atoms. The van der Waals surface area contributed by atoms with Crippen molar-refractivity contribution in [1.29, 1.82) is 0 Å². The molecule has 1 saturated heterocycles. The fourth-order valence-electron chi connectivity index (χ4n) is 2.04. The van der Waals surface area contributed by atoms with Gasteiger partial charge in [0.05, 0.1) is 23.2 Å². The van der Waals surface area contributed by atoms with Gasteiger partial charge in [0, 0.05) is 6.08 Å². The first-order valence-electron chi connectivity index (χ1n) is 6.47. The second-order valence-corrected chi connectivity index (χ2v) is 6.39. The molecule has 0 aliphatic carbocycles. The Hall–Kier alpha value is -1.60. The van der Waals surface area contributed by atoms with E-state index in [1.54, 1.807) is 25.1 Å². The first-order chi connectivity index (χ1) is 9.95. The molecule has 5 nitrogen and oxygen atoms in total. The first kappa shape index (κ1) is 15.8. The van der Waals surface area contributed by atoms with E-state index in [1.165, 1.54) is 6.26 Å². The molecule has 0 bridgehead atoms. The summed E-state index contributed by atoms with van der Waals surface area (Å²) in [5, 5.41) is 11.4. The summed E-state index contributed by atoms with van der Waals surface area (Å²) in [5.74, 6) is -1.44. The maximum absolute atomic E-state index is 12.4. The number of amides is 1. The predicted molar refractivity (Wildman–Crippen MR) is 82.0 cm³/mol. The molecule has 1 amide bonds. The van der Waals surface area contributed by atoms with Crippen molar-refractivity contribution in [3.05, 3.63) is 29.1 Å². The number of carboxylic acid groups (broad SMARTS) is 1. The lowest BCUT2D eigenvalue weighted by Gasteiger charge is -2.32. The molecule has 1 fully saturated rings. The molecule has 2 atom stereocenters. The molecule has 1 aliphatic heterocycles. The summed E-state index contributed by atoms with van der Waals surface area (Å²) in [4.78, 5) is 25.3. The summed E-state index contributed by atoms with van der Waals surface area (Å²) < 4.78 is 5.39. The summed E-state index contributed by atoms with van der Waals surface area (Å²) in [5.41, 5.74) is 0. The fraction of sp³-hybridized carbons (Fsp3) is 0.357. The molecule has 112 valence electrons. The van der Waals surface area contributed by atoms with E-state index in [-0.39, 0.29) is 10.2 Å². The Balaban J connectivity index is 2.31. The van der Waals surface area contributed by atoms with Crippen LogP contribution in [0.2, 0.25) is 0 Å². The summed E-state index contributed by atoms with van der Waals surface area (Å²) in [6.07, 6.45) is 3.66. The highest BCUT2D eigenvalue weighted by atomic mass is 32.2. The summed E-state index contributed by atoms with van der Waals surface area (Å²) in [7, 11) is 0. The average molecular weight is 324 g/mol. The van der Waals surface area contributed by atoms with Gasteiger partial charge in [-0.2, -0.15) is 0 Å². The van der Waals surface area contributed by atoms with Crippen molar-refractivity contribution in [3.8, 4) is 0 Å². The molecule has 1 aliphatic rings. The van der Waals surface area contributed by atoms with Gasteiger partial charge in [0.1, 0.15) is 10.1 Å². The highest BCUT2D eigenvalue weighted by Gasteiger charge is 2.39. The minimum atomic E-state index is -1.29. The lowest BCUT2D eigenvalue weighted by molar-refractivity contribution is -0.311. The van der Waals surface area contributed by atoms with Gasteiger partial charge in [0.25, 0.3) is 5.91 Å². The van der Waals surface area contributed by atoms with Crippen LogP contribution in [0.15, 0.2) is 27.7 Å². The van der Waals surface area contributed by atoms with Crippen LogP contribution < -0.4 is 5.11 Å². The van der Waals surface area contributed by atoms with Gasteiger partial charge in [-0.3, -0.25) is 9.69 Å². The van der Waals surface area contributed by atoms with Crippen LogP contribution >= 0.6 is 24.0 Å². The van der Waals surface area contributed by atoms with E-state index in [0.29, 0.717) is 17.1 Å². The number of furan rings is 1. The van der Waals surface area contributed by atoms with Gasteiger partial charge in [-0.05, 0) is 18.1 Å². The molecule has 0 radical (unpaired) electrons. The highest BCUT2D eigenvalue weighted by Crippen LogP contribution is 2.35. The van der Waals surface area contributed by atoms with Crippen molar-refractivity contribution in [2.24, 2.45) is 5.92 Å². The molecule has 2 rings (SSSR count). The van der Waals surface area contributed by atoms with Crippen LogP contribution in [0, 0.1) is 5.92 Å². The number of carboxylic acids is 1. The zero-order chi connectivity index (χ0) is 15.6. The van der Waals surface area contributed by atoms with Gasteiger partial charge in [-0.1, -0.05) is 44.2 Å². The van der Waals surface area contributed by atoms with Crippen molar-refractivity contribution in [2.45, 2.75) is 26.3 Å². The third-order valence-electron chi connectivity index (χ3n) is 3.34. The average Bonchev–Trinajstić information content (AvgIpc) is 3.02. The van der Waals surface area contributed by atoms with Crippen LogP contribution in [-0.4, -0.2) is 27.1 Å². The van der Waals surface area contributed by atoms with Gasteiger partial charge in [-0.25, -0.2) is 0 Å². The fourth-order valence-corrected chi connectivity index (χ4v) is 3.35. The Morgan fingerprint density at radius 1 is 1.62 bits per heavy atom. The lowest BCUT2D eigenvalue weighted by atomic mass is 9.98. The Morgan fingerprint density at radius 2 is 2.33 bits per heavy atom. The van der Waals surface area contributed by atoms with Crippen LogP contribution in [-0.2, 0) is 9.59 Å². The molecule has 1 aromatic heterocycles. The van der Waals surface area contributed by atoms with Crippen LogP contribution in [0.4, 0.5) is 0 Å². The Morgan fingerprint density at radius 3 is 2.86 bits per heavy atom. The van der Waals surface area contributed by atoms with E-state index in [2.05, 4.69) is 0 Å². The van der Waals surface area contributed by atoms with Gasteiger partial charge in [-0.15, -0.1) is 0 Å². The van der Waals surface area contributed by atoms with Gasteiger partial charge in [0.2, 0.25) is 0 Å². The molecule has 0 saturated carbocycles. The van der Waals surface area contributed by atoms with E-state index in [9.17, 15) is 14.7 Å². The second kappa shape index (κ2) is 6.44. The van der Waals surface area contributed by atoms with E-state index >= 15 is 0 Å². The topological polar surface area (TPSA) is 73.6 Å². The monoisotopic (exact) mass is 324 g/mol. The standard InChI is InChI=1S/C14H15NO4S2/c1-3-8(2)11(13(17)18)15-12(16)10(21-14(15)20)7-9-5-4-6-19-9/h4-8,11H,3H2,1-2H3,(H,17,18)/p-1/b10-7+/t8-,11-/m0/s1. The minimum Gasteiger partial charge on any atom is -0.548 e. The Kier molecular flexibility index (Phi) is 4.84. The molecular weight excluding hydrogens is 310 g/mol. The van der Waals surface area contributed by atoms with Crippen LogP contribution in [0.1, 0.15) is 26.0 Å². The molecule has 2 heterocycles. The molecule has 0 N–H and O–H groups in total. The lowest BCUT2D eigenvalue weighted by Crippen LogP contribution is -2.53. The number of thioether (sulfide) groups is 1. The smallest absolute Gasteiger partial charge is 0.266 e. The molecule has 0 unspecified atom stereocenters. The largest absolute Gasteiger partial charge is 0.548 e. The van der Waals surface area contributed by atoms with Gasteiger partial charge < -0.3 is 14.3 Å². The number of hydrogen-bond donors (Lipinski definition) is 0. The quantitative estimate of drug-likeness (QED) is 0.605. The molecule has 0 aromatic carbocycles. The molecular formula is C14H14NO4S2-. The zero-order valence-electron chi connectivity index (χ0n) is 11.6. The summed E-state index contributed by atoms with van der Waals surface area (Å²) in [6, 6.07) is 2.36. The van der Waals surface area contributed by atoms with Crippen LogP contribution in [0.25, 0.3) is 6.08 Å². The molecule has 1 aromatic rings. The molecule has 21 heavy (non-hydrogen) atoms. The summed E-state index contributed by atoms with van der Waals surface area (Å²) in [6.45, 7) is 3.62. The maximum Gasteiger partial charge on any atom is 0.266 e. The number of carbonyl (C=O) groups excluding carboxylic acids is 2. The van der Waals surface area contributed by atoms with E-state index in [0.717, 1.165) is 16.7 Å². The van der Waals surface area contributed by atoms with Crippen molar-refractivity contribution in [1.82, 2.24) is 4.90 Å². The number of thiocarbonyl (C=S) groups is 1. The molecule has 7 heteroatoms. The maximum atomic E-state index is 12.4. The van der Waals surface area contributed by atoms with Gasteiger partial charge in [0.15, 0.2) is 0 Å². The normalized spacial score (nSPS) is 20.1. The Bertz CT molecular complexity index is 594. The van der Waals surface area contributed by atoms with E-state index in [1.807, 2.05) is 6.92 Å². The van der Waals surface area contributed by atoms with Gasteiger partial charge >= 0.3 is 0 Å².